The third-order valence-corrected chi connectivity index (χ3v) is 6.83. The number of carbonyl (C=O) groups is 3. The van der Waals surface area contributed by atoms with Crippen LogP contribution in [0.1, 0.15) is 6.42 Å². The number of hydrogen-bond donors (Lipinski definition) is 0. The topological polar surface area (TPSA) is 88.6 Å². The van der Waals surface area contributed by atoms with Gasteiger partial charge in [-0.2, -0.15) is 0 Å². The molecule has 10 heteroatoms. The van der Waals surface area contributed by atoms with Crippen molar-refractivity contribution in [1.82, 2.24) is 9.80 Å². The summed E-state index contributed by atoms with van der Waals surface area (Å²) < 4.78 is 16.9. The monoisotopic (exact) mass is 499 g/mol. The van der Waals surface area contributed by atoms with Gasteiger partial charge in [0.2, 0.25) is 17.9 Å². The van der Waals surface area contributed by atoms with Gasteiger partial charge in [-0.25, -0.2) is 0 Å². The predicted molar refractivity (Wildman–Crippen MR) is 128 cm³/mol. The molecule has 3 aliphatic rings. The molecule has 2 aromatic rings. The molecular weight excluding hydrogens is 474 g/mol. The zero-order chi connectivity index (χ0) is 24.5. The fourth-order valence-corrected chi connectivity index (χ4v) is 4.90. The summed E-state index contributed by atoms with van der Waals surface area (Å²) in [6.07, 6.45) is -0.582. The summed E-state index contributed by atoms with van der Waals surface area (Å²) in [5.41, 5.74) is 0.562. The van der Waals surface area contributed by atoms with Gasteiger partial charge in [0.15, 0.2) is 11.5 Å². The molecule has 35 heavy (non-hydrogen) atoms. The number of rotatable bonds is 4. The molecule has 2 atom stereocenters. The highest BCUT2D eigenvalue weighted by atomic mass is 35.5. The lowest BCUT2D eigenvalue weighted by molar-refractivity contribution is -0.147. The van der Waals surface area contributed by atoms with Crippen LogP contribution in [0.4, 0.5) is 5.69 Å². The molecule has 2 saturated heterocycles. The van der Waals surface area contributed by atoms with Crippen LogP contribution in [-0.2, 0) is 14.4 Å². The van der Waals surface area contributed by atoms with Crippen LogP contribution >= 0.6 is 11.6 Å². The van der Waals surface area contributed by atoms with E-state index in [-0.39, 0.29) is 37.3 Å². The molecule has 5 rings (SSSR count). The summed E-state index contributed by atoms with van der Waals surface area (Å²) >= 11 is 6.12. The molecule has 0 bridgehead atoms. The van der Waals surface area contributed by atoms with Gasteiger partial charge in [0.25, 0.3) is 5.91 Å². The standard InChI is InChI=1S/C25H26ClN3O6/c1-33-19-7-6-17(26)13-18(19)29-14-16(12-23(29)30)24(31)27-8-10-28(11-9-27)25(32)22-15-34-20-4-2-3-5-21(20)35-22/h2-7,13,16,22H,8-12,14-15H2,1H3/t16-,22+/m0/s1. The largest absolute Gasteiger partial charge is 0.495 e. The van der Waals surface area contributed by atoms with Gasteiger partial charge in [-0.05, 0) is 30.3 Å². The number of fused-ring (bicyclic) bond motifs is 1. The van der Waals surface area contributed by atoms with Crippen LogP contribution in [-0.4, -0.2) is 80.1 Å². The molecule has 9 nitrogen and oxygen atoms in total. The van der Waals surface area contributed by atoms with E-state index < -0.39 is 12.0 Å². The second-order valence-corrected chi connectivity index (χ2v) is 9.17. The molecule has 0 unspecified atom stereocenters. The molecule has 3 amide bonds. The lowest BCUT2D eigenvalue weighted by Gasteiger charge is -2.38. The quantitative estimate of drug-likeness (QED) is 0.641. The maximum Gasteiger partial charge on any atom is 0.267 e. The lowest BCUT2D eigenvalue weighted by Crippen LogP contribution is -2.56. The molecule has 0 N–H and O–H groups in total. The van der Waals surface area contributed by atoms with Gasteiger partial charge >= 0.3 is 0 Å². The molecule has 2 aromatic carbocycles. The first-order chi connectivity index (χ1) is 16.9. The Balaban J connectivity index is 1.17. The molecular formula is C25H26ClN3O6. The minimum Gasteiger partial charge on any atom is -0.495 e. The third kappa shape index (κ3) is 4.60. The first-order valence-electron chi connectivity index (χ1n) is 11.5. The summed E-state index contributed by atoms with van der Waals surface area (Å²) in [6, 6.07) is 12.3. The Bertz CT molecular complexity index is 1150. The lowest BCUT2D eigenvalue weighted by atomic mass is 10.1. The van der Waals surface area contributed by atoms with Crippen molar-refractivity contribution < 1.29 is 28.6 Å². The number of ether oxygens (including phenoxy) is 3. The van der Waals surface area contributed by atoms with E-state index in [1.165, 1.54) is 7.11 Å². The van der Waals surface area contributed by atoms with Crippen LogP contribution in [0, 0.1) is 5.92 Å². The van der Waals surface area contributed by atoms with Crippen LogP contribution in [0.5, 0.6) is 17.2 Å². The number of nitrogens with zero attached hydrogens (tertiary/aromatic N) is 3. The first-order valence-corrected chi connectivity index (χ1v) is 11.9. The van der Waals surface area contributed by atoms with E-state index in [0.717, 1.165) is 0 Å². The van der Waals surface area contributed by atoms with Gasteiger partial charge in [-0.1, -0.05) is 23.7 Å². The SMILES string of the molecule is COc1ccc(Cl)cc1N1C[C@@H](C(=O)N2CCN(C(=O)[C@H]3COc4ccccc4O3)CC2)CC1=O. The highest BCUT2D eigenvalue weighted by Gasteiger charge is 2.40. The zero-order valence-corrected chi connectivity index (χ0v) is 20.1. The van der Waals surface area contributed by atoms with Gasteiger partial charge in [-0.3, -0.25) is 14.4 Å². The van der Waals surface area contributed by atoms with E-state index >= 15 is 0 Å². The van der Waals surface area contributed by atoms with Crippen molar-refractivity contribution in [2.75, 3.05) is 51.3 Å². The number of para-hydroxylation sites is 2. The van der Waals surface area contributed by atoms with Crippen LogP contribution < -0.4 is 19.1 Å². The van der Waals surface area contributed by atoms with Crippen molar-refractivity contribution in [3.8, 4) is 17.2 Å². The Morgan fingerprint density at radius 3 is 2.40 bits per heavy atom. The van der Waals surface area contributed by atoms with Gasteiger partial charge < -0.3 is 28.9 Å². The van der Waals surface area contributed by atoms with E-state index in [4.69, 9.17) is 25.8 Å². The summed E-state index contributed by atoms with van der Waals surface area (Å²) in [6.45, 7) is 2.03. The zero-order valence-electron chi connectivity index (χ0n) is 19.3. The minimum atomic E-state index is -0.708. The predicted octanol–water partition coefficient (Wildman–Crippen LogP) is 2.21. The smallest absolute Gasteiger partial charge is 0.267 e. The Hall–Kier alpha value is -3.46. The Morgan fingerprint density at radius 1 is 1.00 bits per heavy atom. The van der Waals surface area contributed by atoms with E-state index in [2.05, 4.69) is 0 Å². The second kappa shape index (κ2) is 9.65. The summed E-state index contributed by atoms with van der Waals surface area (Å²) in [4.78, 5) is 43.9. The van der Waals surface area contributed by atoms with Gasteiger partial charge in [-0.15, -0.1) is 0 Å². The average molecular weight is 500 g/mol. The molecule has 3 heterocycles. The first kappa shape index (κ1) is 23.3. The number of hydrogen-bond acceptors (Lipinski definition) is 6. The molecule has 3 aliphatic heterocycles. The number of methoxy groups -OCH3 is 1. The molecule has 0 radical (unpaired) electrons. The number of piperazine rings is 1. The Morgan fingerprint density at radius 2 is 1.69 bits per heavy atom. The highest BCUT2D eigenvalue weighted by molar-refractivity contribution is 6.31. The van der Waals surface area contributed by atoms with E-state index in [1.807, 2.05) is 12.1 Å². The third-order valence-electron chi connectivity index (χ3n) is 6.59. The summed E-state index contributed by atoms with van der Waals surface area (Å²) in [7, 11) is 1.53. The van der Waals surface area contributed by atoms with Gasteiger partial charge in [0.05, 0.1) is 18.7 Å². The maximum absolute atomic E-state index is 13.2. The summed E-state index contributed by atoms with van der Waals surface area (Å²) in [5.74, 6) is 0.870. The van der Waals surface area contributed by atoms with E-state index in [1.54, 1.807) is 45.0 Å². The minimum absolute atomic E-state index is 0.0832. The van der Waals surface area contributed by atoms with Crippen molar-refractivity contribution >= 4 is 35.0 Å². The molecule has 184 valence electrons. The van der Waals surface area contributed by atoms with Crippen LogP contribution in [0.25, 0.3) is 0 Å². The van der Waals surface area contributed by atoms with Crippen molar-refractivity contribution in [3.05, 3.63) is 47.5 Å². The molecule has 0 aliphatic carbocycles. The van der Waals surface area contributed by atoms with Crippen molar-refractivity contribution in [2.45, 2.75) is 12.5 Å². The average Bonchev–Trinajstić information content (AvgIpc) is 3.29. The fourth-order valence-electron chi connectivity index (χ4n) is 4.73. The number of benzene rings is 2. The Kier molecular flexibility index (Phi) is 6.42. The van der Waals surface area contributed by atoms with Crippen molar-refractivity contribution in [2.24, 2.45) is 5.92 Å². The van der Waals surface area contributed by atoms with Crippen molar-refractivity contribution in [3.63, 3.8) is 0 Å². The number of carbonyl (C=O) groups excluding carboxylic acids is 3. The highest BCUT2D eigenvalue weighted by Crippen LogP contribution is 2.36. The Labute approximate surface area is 208 Å². The molecule has 0 spiro atoms. The number of halogens is 1. The molecule has 0 saturated carbocycles. The maximum atomic E-state index is 13.2. The van der Waals surface area contributed by atoms with Gasteiger partial charge in [0, 0.05) is 44.2 Å². The van der Waals surface area contributed by atoms with Crippen LogP contribution in [0.3, 0.4) is 0 Å². The molecule has 0 aromatic heterocycles. The number of anilines is 1. The van der Waals surface area contributed by atoms with Crippen LogP contribution in [0.15, 0.2) is 42.5 Å². The van der Waals surface area contributed by atoms with E-state index in [9.17, 15) is 14.4 Å². The fraction of sp³-hybridized carbons (Fsp3) is 0.400. The van der Waals surface area contributed by atoms with Crippen molar-refractivity contribution in [1.29, 1.82) is 0 Å². The molecule has 2 fully saturated rings. The summed E-state index contributed by atoms with van der Waals surface area (Å²) in [5, 5.41) is 0.486. The normalized spacial score (nSPS) is 21.8. The second-order valence-electron chi connectivity index (χ2n) is 8.74. The van der Waals surface area contributed by atoms with E-state index in [0.29, 0.717) is 54.1 Å². The van der Waals surface area contributed by atoms with Crippen LogP contribution in [0.2, 0.25) is 5.02 Å². The number of amides is 3. The van der Waals surface area contributed by atoms with Gasteiger partial charge in [0.1, 0.15) is 12.4 Å².